The molecule has 0 N–H and O–H groups in total. The fraction of sp³-hybridized carbons (Fsp3) is 0.556. The normalized spacial score (nSPS) is 21.5. The second-order valence-corrected chi connectivity index (χ2v) is 3.56. The summed E-state index contributed by atoms with van der Waals surface area (Å²) in [6.45, 7) is 0. The summed E-state index contributed by atoms with van der Waals surface area (Å²) in [6, 6.07) is 0. The van der Waals surface area contributed by atoms with E-state index in [4.69, 9.17) is 0 Å². The van der Waals surface area contributed by atoms with E-state index in [1.54, 1.807) is 7.05 Å². The largest absolute Gasteiger partial charge is 0.300 e. The molecule has 1 heterocycles. The molecule has 0 radical (unpaired) electrons. The number of rotatable bonds is 2. The van der Waals surface area contributed by atoms with Crippen molar-refractivity contribution in [3.05, 3.63) is 11.9 Å². The van der Waals surface area contributed by atoms with Gasteiger partial charge in [0.15, 0.2) is 5.78 Å². The predicted octanol–water partition coefficient (Wildman–Crippen LogP) is 0.367. The molecule has 5 heteroatoms. The van der Waals surface area contributed by atoms with Crippen molar-refractivity contribution in [1.29, 1.82) is 0 Å². The molecule has 1 aromatic rings. The van der Waals surface area contributed by atoms with Crippen molar-refractivity contribution < 1.29 is 9.59 Å². The van der Waals surface area contributed by atoms with Crippen LogP contribution >= 0.6 is 0 Å². The van der Waals surface area contributed by atoms with Crippen molar-refractivity contribution in [2.45, 2.75) is 19.3 Å². The molecule has 0 aromatic carbocycles. The molecule has 74 valence electrons. The van der Waals surface area contributed by atoms with Crippen molar-refractivity contribution in [3.63, 3.8) is 0 Å². The number of Topliss-reactive ketones (excluding diaryl/α,β-unsaturated/α-hetero) is 2. The summed E-state index contributed by atoms with van der Waals surface area (Å²) < 4.78 is 0. The van der Waals surface area contributed by atoms with Crippen LogP contribution in [0.5, 0.6) is 0 Å². The molecule has 5 nitrogen and oxygen atoms in total. The third-order valence-corrected chi connectivity index (χ3v) is 2.47. The molecule has 0 bridgehead atoms. The lowest BCUT2D eigenvalue weighted by Crippen LogP contribution is -2.12. The minimum Gasteiger partial charge on any atom is -0.300 e. The molecular weight excluding hydrogens is 182 g/mol. The van der Waals surface area contributed by atoms with Crippen LogP contribution in [0.1, 0.15) is 29.8 Å². The topological polar surface area (TPSA) is 64.8 Å². The minimum absolute atomic E-state index is 0.0519. The number of ketones is 2. The fourth-order valence-corrected chi connectivity index (χ4v) is 1.71. The highest BCUT2D eigenvalue weighted by Crippen LogP contribution is 2.24. The Labute approximate surface area is 81.1 Å². The summed E-state index contributed by atoms with van der Waals surface area (Å²) in [6.07, 6.45) is 3.01. The third-order valence-electron chi connectivity index (χ3n) is 2.47. The molecule has 1 fully saturated rings. The van der Waals surface area contributed by atoms with Crippen molar-refractivity contribution >= 4 is 11.6 Å². The fourth-order valence-electron chi connectivity index (χ4n) is 1.71. The van der Waals surface area contributed by atoms with Gasteiger partial charge < -0.3 is 0 Å². The molecule has 0 saturated heterocycles. The van der Waals surface area contributed by atoms with Gasteiger partial charge in [-0.2, -0.15) is 15.0 Å². The summed E-state index contributed by atoms with van der Waals surface area (Å²) in [5, 5.41) is 7.75. The summed E-state index contributed by atoms with van der Waals surface area (Å²) in [5.74, 6) is -0.0459. The minimum atomic E-state index is -0.167. The van der Waals surface area contributed by atoms with Crippen LogP contribution in [0.25, 0.3) is 0 Å². The van der Waals surface area contributed by atoms with E-state index in [-0.39, 0.29) is 17.5 Å². The van der Waals surface area contributed by atoms with Crippen LogP contribution in [0.15, 0.2) is 6.20 Å². The van der Waals surface area contributed by atoms with Crippen molar-refractivity contribution in [1.82, 2.24) is 15.0 Å². The number of nitrogens with zero attached hydrogens (tertiary/aromatic N) is 3. The Hall–Kier alpha value is -1.52. The van der Waals surface area contributed by atoms with E-state index in [0.717, 1.165) is 0 Å². The second kappa shape index (κ2) is 3.32. The number of hydrogen-bond acceptors (Lipinski definition) is 4. The monoisotopic (exact) mass is 193 g/mol. The van der Waals surface area contributed by atoms with E-state index in [9.17, 15) is 9.59 Å². The smallest absolute Gasteiger partial charge is 0.188 e. The summed E-state index contributed by atoms with van der Waals surface area (Å²) >= 11 is 0. The summed E-state index contributed by atoms with van der Waals surface area (Å²) in [4.78, 5) is 24.1. The highest BCUT2D eigenvalue weighted by molar-refractivity contribution is 6.00. The first-order valence-electron chi connectivity index (χ1n) is 4.59. The van der Waals surface area contributed by atoms with Gasteiger partial charge in [0.05, 0.1) is 6.20 Å². The van der Waals surface area contributed by atoms with E-state index < -0.39 is 0 Å². The molecule has 14 heavy (non-hydrogen) atoms. The van der Waals surface area contributed by atoms with Gasteiger partial charge in [-0.05, 0) is 6.42 Å². The van der Waals surface area contributed by atoms with Gasteiger partial charge in [-0.3, -0.25) is 9.59 Å². The Morgan fingerprint density at radius 3 is 2.93 bits per heavy atom. The first-order valence-corrected chi connectivity index (χ1v) is 4.59. The van der Waals surface area contributed by atoms with Crippen LogP contribution in [0.3, 0.4) is 0 Å². The van der Waals surface area contributed by atoms with Gasteiger partial charge in [0, 0.05) is 25.8 Å². The highest BCUT2D eigenvalue weighted by Gasteiger charge is 2.30. The van der Waals surface area contributed by atoms with Crippen molar-refractivity contribution in [3.8, 4) is 0 Å². The van der Waals surface area contributed by atoms with Gasteiger partial charge in [0.25, 0.3) is 0 Å². The number of aryl methyl sites for hydroxylation is 1. The molecule has 1 atom stereocenters. The van der Waals surface area contributed by atoms with Gasteiger partial charge in [-0.25, -0.2) is 0 Å². The standard InChI is InChI=1S/C9H11N3O2/c1-12-10-5-8(11-12)9(14)6-2-3-7(13)4-6/h5-6H,2-4H2,1H3. The van der Waals surface area contributed by atoms with E-state index in [1.165, 1.54) is 11.0 Å². The molecule has 2 rings (SSSR count). The molecule has 0 spiro atoms. The molecule has 1 aliphatic rings. The molecule has 1 aromatic heterocycles. The van der Waals surface area contributed by atoms with Crippen LogP contribution < -0.4 is 0 Å². The van der Waals surface area contributed by atoms with Gasteiger partial charge in [0.2, 0.25) is 0 Å². The molecule has 0 amide bonds. The van der Waals surface area contributed by atoms with E-state index >= 15 is 0 Å². The Bertz CT molecular complexity index is 383. The average Bonchev–Trinajstić information content (AvgIpc) is 2.73. The maximum atomic E-state index is 11.7. The van der Waals surface area contributed by atoms with Gasteiger partial charge in [-0.1, -0.05) is 0 Å². The SMILES string of the molecule is Cn1ncc(C(=O)C2CCC(=O)C2)n1. The van der Waals surface area contributed by atoms with E-state index in [1.807, 2.05) is 0 Å². The number of hydrogen-bond donors (Lipinski definition) is 0. The Morgan fingerprint density at radius 2 is 2.43 bits per heavy atom. The van der Waals surface area contributed by atoms with Crippen LogP contribution in [0.4, 0.5) is 0 Å². The number of carbonyl (C=O) groups is 2. The maximum Gasteiger partial charge on any atom is 0.188 e. The summed E-state index contributed by atoms with van der Waals surface area (Å²) in [7, 11) is 1.66. The van der Waals surface area contributed by atoms with Crippen molar-refractivity contribution in [2.24, 2.45) is 13.0 Å². The molecule has 1 unspecified atom stereocenters. The zero-order chi connectivity index (χ0) is 10.1. The van der Waals surface area contributed by atoms with Crippen LogP contribution in [-0.2, 0) is 11.8 Å². The van der Waals surface area contributed by atoms with E-state index in [0.29, 0.717) is 25.0 Å². The third kappa shape index (κ3) is 1.57. The first-order chi connectivity index (χ1) is 6.66. The van der Waals surface area contributed by atoms with Gasteiger partial charge >= 0.3 is 0 Å². The first kappa shape index (κ1) is 9.05. The number of aromatic nitrogens is 3. The lowest BCUT2D eigenvalue weighted by atomic mass is 10.0. The Morgan fingerprint density at radius 1 is 1.64 bits per heavy atom. The lowest BCUT2D eigenvalue weighted by Gasteiger charge is -2.02. The predicted molar refractivity (Wildman–Crippen MR) is 47.7 cm³/mol. The second-order valence-electron chi connectivity index (χ2n) is 3.56. The molecule has 1 saturated carbocycles. The van der Waals surface area contributed by atoms with Crippen LogP contribution in [-0.4, -0.2) is 26.6 Å². The van der Waals surface area contributed by atoms with Crippen LogP contribution in [0, 0.1) is 5.92 Å². The van der Waals surface area contributed by atoms with Crippen LogP contribution in [0.2, 0.25) is 0 Å². The lowest BCUT2D eigenvalue weighted by molar-refractivity contribution is -0.117. The van der Waals surface area contributed by atoms with Gasteiger partial charge in [0.1, 0.15) is 11.5 Å². The Balaban J connectivity index is 2.12. The number of carbonyl (C=O) groups excluding carboxylic acids is 2. The zero-order valence-corrected chi connectivity index (χ0v) is 7.93. The molecule has 0 aliphatic heterocycles. The maximum absolute atomic E-state index is 11.7. The molecule has 1 aliphatic carbocycles. The quantitative estimate of drug-likeness (QED) is 0.636. The summed E-state index contributed by atoms with van der Waals surface area (Å²) in [5.41, 5.74) is 0.368. The Kier molecular flexibility index (Phi) is 2.15. The average molecular weight is 193 g/mol. The highest BCUT2D eigenvalue weighted by atomic mass is 16.1. The molecular formula is C9H11N3O2. The van der Waals surface area contributed by atoms with E-state index in [2.05, 4.69) is 10.2 Å². The van der Waals surface area contributed by atoms with Crippen molar-refractivity contribution in [2.75, 3.05) is 0 Å². The van der Waals surface area contributed by atoms with Gasteiger partial charge in [-0.15, -0.1) is 0 Å². The zero-order valence-electron chi connectivity index (χ0n) is 7.93.